The van der Waals surface area contributed by atoms with Crippen LogP contribution in [-0.4, -0.2) is 30.6 Å². The second-order valence-corrected chi connectivity index (χ2v) is 7.48. The Morgan fingerprint density at radius 2 is 2.00 bits per heavy atom. The zero-order valence-corrected chi connectivity index (χ0v) is 13.5. The SMILES string of the molecule is CN(CCNC(C)(C)C)Cc1cc2cc(F)ccc2s1. The fourth-order valence-electron chi connectivity index (χ4n) is 2.11. The molecule has 0 unspecified atom stereocenters. The molecule has 0 fully saturated rings. The molecule has 20 heavy (non-hydrogen) atoms. The quantitative estimate of drug-likeness (QED) is 0.901. The van der Waals surface area contributed by atoms with Gasteiger partial charge in [-0.15, -0.1) is 11.3 Å². The molecule has 0 aliphatic carbocycles. The predicted molar refractivity (Wildman–Crippen MR) is 85.9 cm³/mol. The van der Waals surface area contributed by atoms with Crippen LogP contribution >= 0.6 is 11.3 Å². The van der Waals surface area contributed by atoms with Crippen LogP contribution < -0.4 is 5.32 Å². The molecule has 4 heteroatoms. The van der Waals surface area contributed by atoms with Crippen molar-refractivity contribution in [2.45, 2.75) is 32.9 Å². The molecule has 1 N–H and O–H groups in total. The molecule has 2 rings (SSSR count). The highest BCUT2D eigenvalue weighted by Gasteiger charge is 2.09. The van der Waals surface area contributed by atoms with Crippen LogP contribution in [0.15, 0.2) is 24.3 Å². The van der Waals surface area contributed by atoms with Crippen molar-refractivity contribution in [3.63, 3.8) is 0 Å². The molecule has 0 atom stereocenters. The summed E-state index contributed by atoms with van der Waals surface area (Å²) in [5.41, 5.74) is 0.163. The number of nitrogens with one attached hydrogen (secondary N) is 1. The third kappa shape index (κ3) is 4.54. The number of halogens is 1. The predicted octanol–water partition coefficient (Wildman–Crippen LogP) is 3.86. The topological polar surface area (TPSA) is 15.3 Å². The van der Waals surface area contributed by atoms with Crippen molar-refractivity contribution in [1.29, 1.82) is 0 Å². The van der Waals surface area contributed by atoms with E-state index in [-0.39, 0.29) is 11.4 Å². The van der Waals surface area contributed by atoms with Gasteiger partial charge >= 0.3 is 0 Å². The van der Waals surface area contributed by atoms with Gasteiger partial charge in [-0.25, -0.2) is 4.39 Å². The molecule has 0 aliphatic heterocycles. The van der Waals surface area contributed by atoms with Crippen LogP contribution in [0, 0.1) is 5.82 Å². The van der Waals surface area contributed by atoms with E-state index in [2.05, 4.69) is 44.1 Å². The minimum atomic E-state index is -0.162. The van der Waals surface area contributed by atoms with Gasteiger partial charge in [-0.1, -0.05) is 0 Å². The number of nitrogens with zero attached hydrogens (tertiary/aromatic N) is 1. The average molecular weight is 294 g/mol. The van der Waals surface area contributed by atoms with Crippen LogP contribution in [0.1, 0.15) is 25.6 Å². The van der Waals surface area contributed by atoms with Gasteiger partial charge in [-0.3, -0.25) is 0 Å². The summed E-state index contributed by atoms with van der Waals surface area (Å²) in [6.07, 6.45) is 0. The summed E-state index contributed by atoms with van der Waals surface area (Å²) < 4.78 is 14.3. The van der Waals surface area contributed by atoms with E-state index in [0.29, 0.717) is 0 Å². The molecule has 2 nitrogen and oxygen atoms in total. The van der Waals surface area contributed by atoms with Crippen molar-refractivity contribution in [2.24, 2.45) is 0 Å². The molecule has 1 aromatic carbocycles. The molecule has 0 bridgehead atoms. The number of benzene rings is 1. The van der Waals surface area contributed by atoms with E-state index in [9.17, 15) is 4.39 Å². The lowest BCUT2D eigenvalue weighted by molar-refractivity contribution is 0.305. The Labute approximate surface area is 124 Å². The standard InChI is InChI=1S/C16H23FN2S/c1-16(2,3)18-7-8-19(4)11-14-10-12-9-13(17)5-6-15(12)20-14/h5-6,9-10,18H,7-8,11H2,1-4H3. The lowest BCUT2D eigenvalue weighted by atomic mass is 10.1. The van der Waals surface area contributed by atoms with E-state index < -0.39 is 0 Å². The minimum absolute atomic E-state index is 0.162. The van der Waals surface area contributed by atoms with Crippen molar-refractivity contribution in [2.75, 3.05) is 20.1 Å². The first-order valence-electron chi connectivity index (χ1n) is 6.95. The largest absolute Gasteiger partial charge is 0.311 e. The molecule has 110 valence electrons. The molecule has 0 saturated heterocycles. The number of thiophene rings is 1. The zero-order chi connectivity index (χ0) is 14.8. The van der Waals surface area contributed by atoms with Gasteiger partial charge in [-0.2, -0.15) is 0 Å². The normalized spacial score (nSPS) is 12.5. The summed E-state index contributed by atoms with van der Waals surface area (Å²) in [6, 6.07) is 7.09. The summed E-state index contributed by atoms with van der Waals surface area (Å²) in [6.45, 7) is 9.40. The van der Waals surface area contributed by atoms with E-state index >= 15 is 0 Å². The molecular weight excluding hydrogens is 271 g/mol. The fourth-order valence-corrected chi connectivity index (χ4v) is 3.24. The van der Waals surface area contributed by atoms with Crippen LogP contribution in [0.5, 0.6) is 0 Å². The Morgan fingerprint density at radius 3 is 2.70 bits per heavy atom. The first kappa shape index (κ1) is 15.4. The molecule has 2 aromatic rings. The van der Waals surface area contributed by atoms with Crippen LogP contribution in [0.4, 0.5) is 4.39 Å². The molecule has 0 spiro atoms. The molecular formula is C16H23FN2S. The monoisotopic (exact) mass is 294 g/mol. The van der Waals surface area contributed by atoms with Gasteiger partial charge in [0.15, 0.2) is 0 Å². The Hall–Kier alpha value is -0.970. The third-order valence-electron chi connectivity index (χ3n) is 3.10. The van der Waals surface area contributed by atoms with Crippen molar-refractivity contribution in [1.82, 2.24) is 10.2 Å². The van der Waals surface area contributed by atoms with Gasteiger partial charge in [0.2, 0.25) is 0 Å². The molecule has 0 saturated carbocycles. The van der Waals surface area contributed by atoms with Gasteiger partial charge in [0.25, 0.3) is 0 Å². The molecule has 0 amide bonds. The van der Waals surface area contributed by atoms with Crippen molar-refractivity contribution >= 4 is 21.4 Å². The highest BCUT2D eigenvalue weighted by atomic mass is 32.1. The first-order chi connectivity index (χ1) is 9.33. The molecule has 1 heterocycles. The number of hydrogen-bond donors (Lipinski definition) is 1. The maximum absolute atomic E-state index is 13.2. The molecule has 0 radical (unpaired) electrons. The zero-order valence-electron chi connectivity index (χ0n) is 12.7. The van der Waals surface area contributed by atoms with Gasteiger partial charge in [0, 0.05) is 34.8 Å². The summed E-state index contributed by atoms with van der Waals surface area (Å²) in [7, 11) is 2.12. The van der Waals surface area contributed by atoms with Crippen molar-refractivity contribution in [3.8, 4) is 0 Å². The number of hydrogen-bond acceptors (Lipinski definition) is 3. The smallest absolute Gasteiger partial charge is 0.123 e. The first-order valence-corrected chi connectivity index (χ1v) is 7.77. The molecule has 1 aromatic heterocycles. The van der Waals surface area contributed by atoms with Gasteiger partial charge in [0.1, 0.15) is 5.82 Å². The third-order valence-corrected chi connectivity index (χ3v) is 4.20. The summed E-state index contributed by atoms with van der Waals surface area (Å²) in [4.78, 5) is 3.57. The van der Waals surface area contributed by atoms with Crippen LogP contribution in [-0.2, 0) is 6.54 Å². The lowest BCUT2D eigenvalue weighted by Crippen LogP contribution is -2.40. The van der Waals surface area contributed by atoms with Gasteiger partial charge < -0.3 is 10.2 Å². The van der Waals surface area contributed by atoms with Crippen LogP contribution in [0.2, 0.25) is 0 Å². The second-order valence-electron chi connectivity index (χ2n) is 6.31. The number of likely N-dealkylation sites (N-methyl/N-ethyl adjacent to an activating group) is 1. The summed E-state index contributed by atoms with van der Waals surface area (Å²) >= 11 is 1.74. The maximum atomic E-state index is 13.2. The van der Waals surface area contributed by atoms with E-state index in [1.165, 1.54) is 10.9 Å². The summed E-state index contributed by atoms with van der Waals surface area (Å²) in [5, 5.41) is 4.49. The van der Waals surface area contributed by atoms with Crippen molar-refractivity contribution in [3.05, 3.63) is 35.0 Å². The highest BCUT2D eigenvalue weighted by Crippen LogP contribution is 2.26. The Balaban J connectivity index is 1.91. The van der Waals surface area contributed by atoms with Crippen molar-refractivity contribution < 1.29 is 4.39 Å². The number of fused-ring (bicyclic) bond motifs is 1. The van der Waals surface area contributed by atoms with E-state index in [0.717, 1.165) is 29.7 Å². The average Bonchev–Trinajstić information content (AvgIpc) is 2.68. The second kappa shape index (κ2) is 6.20. The Kier molecular flexibility index (Phi) is 4.78. The Morgan fingerprint density at radius 1 is 1.25 bits per heavy atom. The maximum Gasteiger partial charge on any atom is 0.123 e. The lowest BCUT2D eigenvalue weighted by Gasteiger charge is -2.23. The van der Waals surface area contributed by atoms with Gasteiger partial charge in [-0.05, 0) is 57.5 Å². The van der Waals surface area contributed by atoms with Gasteiger partial charge in [0.05, 0.1) is 0 Å². The van der Waals surface area contributed by atoms with E-state index in [4.69, 9.17) is 0 Å². The van der Waals surface area contributed by atoms with E-state index in [1.54, 1.807) is 17.4 Å². The minimum Gasteiger partial charge on any atom is -0.311 e. The van der Waals surface area contributed by atoms with Crippen LogP contribution in [0.25, 0.3) is 10.1 Å². The summed E-state index contributed by atoms with van der Waals surface area (Å²) in [5.74, 6) is -0.162. The number of rotatable bonds is 5. The van der Waals surface area contributed by atoms with E-state index in [1.807, 2.05) is 6.07 Å². The fraction of sp³-hybridized carbons (Fsp3) is 0.500. The van der Waals surface area contributed by atoms with Crippen LogP contribution in [0.3, 0.4) is 0 Å². The highest BCUT2D eigenvalue weighted by molar-refractivity contribution is 7.19. The Bertz CT molecular complexity index is 571. The molecule has 0 aliphatic rings.